The van der Waals surface area contributed by atoms with Crippen LogP contribution in [0.25, 0.3) is 0 Å². The van der Waals surface area contributed by atoms with Crippen molar-refractivity contribution in [3.63, 3.8) is 0 Å². The molecule has 1 unspecified atom stereocenters. The van der Waals surface area contributed by atoms with E-state index in [-0.39, 0.29) is 17.0 Å². The van der Waals surface area contributed by atoms with Crippen molar-refractivity contribution in [1.82, 2.24) is 15.1 Å². The molecular weight excluding hydrogens is 666 g/mol. The lowest BCUT2D eigenvalue weighted by atomic mass is 9.89. The highest BCUT2D eigenvalue weighted by atomic mass is 19.3. The number of rotatable bonds is 10. The van der Waals surface area contributed by atoms with Crippen LogP contribution in [0.15, 0.2) is 72.9 Å². The summed E-state index contributed by atoms with van der Waals surface area (Å²) in [5.41, 5.74) is 3.99. The third kappa shape index (κ3) is 7.23. The average Bonchev–Trinajstić information content (AvgIpc) is 3.41. The zero-order valence-corrected chi connectivity index (χ0v) is 29.0. The summed E-state index contributed by atoms with van der Waals surface area (Å²) >= 11 is 0. The molecule has 1 N–H and O–H groups in total. The van der Waals surface area contributed by atoms with Crippen molar-refractivity contribution >= 4 is 29.1 Å². The maximum Gasteiger partial charge on any atom is 0.265 e. The Hall–Kier alpha value is -5.28. The van der Waals surface area contributed by atoms with E-state index in [0.717, 1.165) is 87.1 Å². The number of amides is 3. The average molecular weight is 709 g/mol. The van der Waals surface area contributed by atoms with Crippen molar-refractivity contribution in [3.8, 4) is 11.8 Å². The zero-order valence-electron chi connectivity index (χ0n) is 29.0. The molecule has 3 amide bonds. The molecule has 4 aliphatic rings. The molecule has 0 radical (unpaired) electrons. The molecule has 7 rings (SSSR count). The Kier molecular flexibility index (Phi) is 10.2. The molecule has 0 saturated carbocycles. The van der Waals surface area contributed by atoms with Gasteiger partial charge < -0.3 is 19.9 Å². The van der Waals surface area contributed by atoms with Gasteiger partial charge >= 0.3 is 0 Å². The van der Waals surface area contributed by atoms with Crippen LogP contribution in [0.4, 0.5) is 20.2 Å². The van der Waals surface area contributed by atoms with E-state index in [1.165, 1.54) is 17.7 Å². The second kappa shape index (κ2) is 15.1. The highest BCUT2D eigenvalue weighted by molar-refractivity contribution is 6.23. The van der Waals surface area contributed by atoms with Gasteiger partial charge in [-0.1, -0.05) is 18.7 Å². The molecule has 270 valence electrons. The number of nitrogens with one attached hydrogen (secondary N) is 1. The molecule has 0 bridgehead atoms. The summed E-state index contributed by atoms with van der Waals surface area (Å²) in [5.74, 6) is 0.0152. The third-order valence-corrected chi connectivity index (χ3v) is 10.8. The molecule has 0 aromatic heterocycles. The van der Waals surface area contributed by atoms with E-state index in [2.05, 4.69) is 38.7 Å². The number of carbonyl (C=O) groups is 3. The van der Waals surface area contributed by atoms with Gasteiger partial charge in [0.15, 0.2) is 0 Å². The number of hydrogen-bond acceptors (Lipinski definition) is 8. The Morgan fingerprint density at radius 3 is 2.21 bits per heavy atom. The van der Waals surface area contributed by atoms with E-state index in [9.17, 15) is 23.2 Å². The number of benzene rings is 3. The summed E-state index contributed by atoms with van der Waals surface area (Å²) in [4.78, 5) is 46.8. The summed E-state index contributed by atoms with van der Waals surface area (Å²) in [6, 6.07) is 19.4. The van der Waals surface area contributed by atoms with Crippen LogP contribution in [0, 0.1) is 11.3 Å². The lowest BCUT2D eigenvalue weighted by Crippen LogP contribution is -2.51. The molecule has 12 heteroatoms. The Morgan fingerprint density at radius 1 is 0.846 bits per heavy atom. The maximum absolute atomic E-state index is 13.4. The van der Waals surface area contributed by atoms with Crippen molar-refractivity contribution in [2.24, 2.45) is 0 Å². The van der Waals surface area contributed by atoms with Crippen molar-refractivity contribution in [2.75, 3.05) is 62.2 Å². The monoisotopic (exact) mass is 708 g/mol. The van der Waals surface area contributed by atoms with Crippen LogP contribution in [0.3, 0.4) is 0 Å². The number of carbonyl (C=O) groups excluding carboxylic acids is 3. The summed E-state index contributed by atoms with van der Waals surface area (Å²) in [6.07, 6.45) is 0.947. The van der Waals surface area contributed by atoms with Gasteiger partial charge in [0.25, 0.3) is 18.2 Å². The van der Waals surface area contributed by atoms with Gasteiger partial charge in [0.05, 0.1) is 29.4 Å². The minimum atomic E-state index is -2.68. The highest BCUT2D eigenvalue weighted by Crippen LogP contribution is 2.34. The first-order chi connectivity index (χ1) is 25.2. The topological polar surface area (TPSA) is 109 Å². The van der Waals surface area contributed by atoms with E-state index in [1.54, 1.807) is 18.2 Å². The van der Waals surface area contributed by atoms with Crippen LogP contribution >= 0.6 is 0 Å². The molecule has 52 heavy (non-hydrogen) atoms. The van der Waals surface area contributed by atoms with Crippen molar-refractivity contribution < 1.29 is 27.9 Å². The quantitative estimate of drug-likeness (QED) is 0.206. The van der Waals surface area contributed by atoms with Crippen LogP contribution in [0.5, 0.6) is 5.75 Å². The maximum atomic E-state index is 13.4. The fourth-order valence-corrected chi connectivity index (χ4v) is 7.78. The summed E-state index contributed by atoms with van der Waals surface area (Å²) < 4.78 is 32.9. The lowest BCUT2D eigenvalue weighted by Gasteiger charge is -2.36. The fraction of sp³-hybridized carbons (Fsp3) is 0.400. The molecule has 3 fully saturated rings. The van der Waals surface area contributed by atoms with Crippen LogP contribution in [0.2, 0.25) is 0 Å². The lowest BCUT2D eigenvalue weighted by molar-refractivity contribution is -0.125. The predicted octanol–water partition coefficient (Wildman–Crippen LogP) is 5.86. The normalized spacial score (nSPS) is 20.0. The first-order valence-corrected chi connectivity index (χ1v) is 18.0. The zero-order chi connectivity index (χ0) is 36.4. The summed E-state index contributed by atoms with van der Waals surface area (Å²) in [6.45, 7) is 10.1. The minimum absolute atomic E-state index is 0.0246. The van der Waals surface area contributed by atoms with E-state index in [1.807, 2.05) is 24.3 Å². The standard InChI is InChI=1S/C40H42F2N6O4/c1-26-3-12-36(38(49)44-26)48-39(50)33-11-8-31(24-35(33)40(48)51)47-20-18-45(19-21-47)15-2-22-52-32-9-5-27(6-10-32)28-13-16-46(17-14-28)30-7-4-29(25-43)34(23-30)37(41)42/h4-11,23-24,28,36-37H,1-3,12-22H2,(H,44,49). The molecule has 3 aromatic rings. The van der Waals surface area contributed by atoms with Gasteiger partial charge in [-0.3, -0.25) is 24.2 Å². The molecule has 3 saturated heterocycles. The number of nitrogens with zero attached hydrogens (tertiary/aromatic N) is 5. The predicted molar refractivity (Wildman–Crippen MR) is 193 cm³/mol. The Morgan fingerprint density at radius 2 is 1.52 bits per heavy atom. The van der Waals surface area contributed by atoms with Gasteiger partial charge in [-0.05, 0) is 92.1 Å². The molecule has 4 heterocycles. The summed E-state index contributed by atoms with van der Waals surface area (Å²) in [5, 5.41) is 11.8. The highest BCUT2D eigenvalue weighted by Gasteiger charge is 2.44. The second-order valence-electron chi connectivity index (χ2n) is 13.9. The second-order valence-corrected chi connectivity index (χ2v) is 13.9. The SMILES string of the molecule is C=C1CCC(N2C(=O)c3ccc(N4CCN(CCCOc5ccc(C6CCN(c7ccc(C#N)c(C(F)F)c7)CC6)cc5)CC4)cc3C2=O)C(=O)N1. The molecule has 4 aliphatic heterocycles. The number of allylic oxidation sites excluding steroid dienone is 1. The Balaban J connectivity index is 0.831. The molecule has 3 aromatic carbocycles. The molecule has 1 atom stereocenters. The molecule has 10 nitrogen and oxygen atoms in total. The van der Waals surface area contributed by atoms with Crippen LogP contribution in [0.1, 0.15) is 81.9 Å². The van der Waals surface area contributed by atoms with Gasteiger partial charge in [0.1, 0.15) is 11.8 Å². The number of piperidine rings is 2. The van der Waals surface area contributed by atoms with Gasteiger partial charge in [0.2, 0.25) is 5.91 Å². The van der Waals surface area contributed by atoms with Gasteiger partial charge in [0, 0.05) is 68.4 Å². The van der Waals surface area contributed by atoms with Crippen molar-refractivity contribution in [1.29, 1.82) is 5.26 Å². The van der Waals surface area contributed by atoms with Crippen molar-refractivity contribution in [2.45, 2.75) is 50.5 Å². The summed E-state index contributed by atoms with van der Waals surface area (Å²) in [7, 11) is 0. The smallest absolute Gasteiger partial charge is 0.265 e. The number of anilines is 2. The number of alkyl halides is 2. The first kappa shape index (κ1) is 35.1. The number of piperazine rings is 1. The number of ether oxygens (including phenoxy) is 1. The fourth-order valence-electron chi connectivity index (χ4n) is 7.78. The van der Waals surface area contributed by atoms with E-state index < -0.39 is 24.3 Å². The number of imide groups is 1. The molecular formula is C40H42F2N6O4. The van der Waals surface area contributed by atoms with Gasteiger partial charge in [-0.15, -0.1) is 0 Å². The first-order valence-electron chi connectivity index (χ1n) is 18.0. The number of halogens is 2. The van der Waals surface area contributed by atoms with E-state index in [0.29, 0.717) is 42.2 Å². The Bertz CT molecular complexity index is 1890. The number of fused-ring (bicyclic) bond motifs is 1. The van der Waals surface area contributed by atoms with Crippen molar-refractivity contribution in [3.05, 3.63) is 101 Å². The van der Waals surface area contributed by atoms with Gasteiger partial charge in [-0.2, -0.15) is 5.26 Å². The Labute approximate surface area is 302 Å². The number of nitriles is 1. The van der Waals surface area contributed by atoms with E-state index in [4.69, 9.17) is 10.00 Å². The minimum Gasteiger partial charge on any atom is -0.494 e. The van der Waals surface area contributed by atoms with Gasteiger partial charge in [-0.25, -0.2) is 8.78 Å². The largest absolute Gasteiger partial charge is 0.494 e. The van der Waals surface area contributed by atoms with E-state index >= 15 is 0 Å². The number of hydrogen-bond donors (Lipinski definition) is 1. The molecule has 0 spiro atoms. The van der Waals surface area contributed by atoms with Crippen LogP contribution in [-0.2, 0) is 4.79 Å². The van der Waals surface area contributed by atoms with Crippen LogP contribution in [-0.4, -0.2) is 86.0 Å². The molecule has 0 aliphatic carbocycles. The third-order valence-electron chi connectivity index (χ3n) is 10.8. The van der Waals surface area contributed by atoms with Crippen LogP contribution < -0.4 is 19.9 Å².